The Hall–Kier alpha value is -4.33. The van der Waals surface area contributed by atoms with Crippen molar-refractivity contribution in [3.05, 3.63) is 83.7 Å². The van der Waals surface area contributed by atoms with Crippen LogP contribution in [0.15, 0.2) is 72.4 Å². The van der Waals surface area contributed by atoms with Crippen molar-refractivity contribution in [1.29, 1.82) is 0 Å². The van der Waals surface area contributed by atoms with Crippen molar-refractivity contribution >= 4 is 23.1 Å². The van der Waals surface area contributed by atoms with E-state index in [-0.39, 0.29) is 16.9 Å². The molecule has 1 aliphatic rings. The topological polar surface area (TPSA) is 98.2 Å². The minimum Gasteiger partial charge on any atom is -0.507 e. The number of benzene rings is 2. The standard InChI is InChI=1S/C28H28N2O6/c1-4-34-19-12-10-18(11-13-19)30-25(22-9-7-8-16-29-22)24(27(32)28(30)33)26(31)21-15-14-20(35-5-2)17-23(21)36-6-3/h7-17,25,31H,4-6H2,1-3H3/b26-24-. The quantitative estimate of drug-likeness (QED) is 0.260. The van der Waals surface area contributed by atoms with Gasteiger partial charge in [0.2, 0.25) is 0 Å². The molecule has 186 valence electrons. The van der Waals surface area contributed by atoms with E-state index in [0.29, 0.717) is 48.5 Å². The first-order chi connectivity index (χ1) is 17.5. The second-order valence-corrected chi connectivity index (χ2v) is 7.87. The van der Waals surface area contributed by atoms with Crippen LogP contribution in [0.4, 0.5) is 5.69 Å². The number of aromatic nitrogens is 1. The number of hydrogen-bond acceptors (Lipinski definition) is 7. The highest BCUT2D eigenvalue weighted by atomic mass is 16.5. The molecule has 1 atom stereocenters. The minimum atomic E-state index is -0.940. The van der Waals surface area contributed by atoms with Crippen LogP contribution in [0.5, 0.6) is 17.2 Å². The van der Waals surface area contributed by atoms with Crippen LogP contribution in [-0.2, 0) is 9.59 Å². The lowest BCUT2D eigenvalue weighted by Crippen LogP contribution is -2.29. The zero-order valence-electron chi connectivity index (χ0n) is 20.4. The fraction of sp³-hybridized carbons (Fsp3) is 0.250. The molecule has 3 aromatic rings. The SMILES string of the molecule is CCOc1ccc(N2C(=O)C(=O)/C(=C(\O)c3ccc(OCC)cc3OCC)C2c2ccccn2)cc1. The van der Waals surface area contributed by atoms with Crippen LogP contribution < -0.4 is 19.1 Å². The third-order valence-corrected chi connectivity index (χ3v) is 5.66. The molecule has 1 amide bonds. The van der Waals surface area contributed by atoms with Crippen molar-refractivity contribution in [2.75, 3.05) is 24.7 Å². The Kier molecular flexibility index (Phi) is 7.53. The number of nitrogens with zero attached hydrogens (tertiary/aromatic N) is 2. The lowest BCUT2D eigenvalue weighted by molar-refractivity contribution is -0.132. The first-order valence-corrected chi connectivity index (χ1v) is 11.8. The summed E-state index contributed by atoms with van der Waals surface area (Å²) in [5.41, 5.74) is 1.13. The summed E-state index contributed by atoms with van der Waals surface area (Å²) >= 11 is 0. The van der Waals surface area contributed by atoms with Gasteiger partial charge < -0.3 is 19.3 Å². The van der Waals surface area contributed by atoms with Crippen LogP contribution in [-0.4, -0.2) is 41.6 Å². The minimum absolute atomic E-state index is 0.0716. The molecule has 2 heterocycles. The number of ketones is 1. The van der Waals surface area contributed by atoms with E-state index in [1.165, 1.54) is 4.90 Å². The molecule has 1 aliphatic heterocycles. The first-order valence-electron chi connectivity index (χ1n) is 11.8. The molecule has 0 radical (unpaired) electrons. The van der Waals surface area contributed by atoms with Gasteiger partial charge in [-0.15, -0.1) is 0 Å². The summed E-state index contributed by atoms with van der Waals surface area (Å²) in [6.45, 7) is 6.86. The Morgan fingerprint density at radius 3 is 2.19 bits per heavy atom. The number of aliphatic hydroxyl groups excluding tert-OH is 1. The number of carbonyl (C=O) groups excluding carboxylic acids is 2. The number of hydrogen-bond donors (Lipinski definition) is 1. The van der Waals surface area contributed by atoms with Gasteiger partial charge in [0.25, 0.3) is 11.7 Å². The fourth-order valence-electron chi connectivity index (χ4n) is 4.16. The molecule has 8 heteroatoms. The van der Waals surface area contributed by atoms with E-state index in [1.54, 1.807) is 66.9 Å². The van der Waals surface area contributed by atoms with Crippen LogP contribution in [0.25, 0.3) is 5.76 Å². The second kappa shape index (κ2) is 10.9. The lowest BCUT2D eigenvalue weighted by Gasteiger charge is -2.25. The maximum atomic E-state index is 13.4. The normalized spacial score (nSPS) is 16.8. The van der Waals surface area contributed by atoms with E-state index in [4.69, 9.17) is 14.2 Å². The van der Waals surface area contributed by atoms with Crippen LogP contribution in [0, 0.1) is 0 Å². The molecule has 2 aromatic carbocycles. The third kappa shape index (κ3) is 4.75. The van der Waals surface area contributed by atoms with Crippen LogP contribution in [0.2, 0.25) is 0 Å². The highest BCUT2D eigenvalue weighted by Gasteiger charge is 2.47. The van der Waals surface area contributed by atoms with Crippen molar-refractivity contribution in [3.63, 3.8) is 0 Å². The summed E-state index contributed by atoms with van der Waals surface area (Å²) in [7, 11) is 0. The highest BCUT2D eigenvalue weighted by molar-refractivity contribution is 6.51. The highest BCUT2D eigenvalue weighted by Crippen LogP contribution is 2.43. The maximum absolute atomic E-state index is 13.4. The van der Waals surface area contributed by atoms with Gasteiger partial charge in [0.15, 0.2) is 0 Å². The van der Waals surface area contributed by atoms with Crippen molar-refractivity contribution in [2.45, 2.75) is 26.8 Å². The lowest BCUT2D eigenvalue weighted by atomic mass is 9.97. The van der Waals surface area contributed by atoms with Gasteiger partial charge in [-0.1, -0.05) is 6.07 Å². The Morgan fingerprint density at radius 1 is 0.889 bits per heavy atom. The second-order valence-electron chi connectivity index (χ2n) is 7.87. The Balaban J connectivity index is 1.88. The van der Waals surface area contributed by atoms with Crippen molar-refractivity contribution in [2.24, 2.45) is 0 Å². The van der Waals surface area contributed by atoms with E-state index in [9.17, 15) is 14.7 Å². The molecule has 0 spiro atoms. The van der Waals surface area contributed by atoms with E-state index in [1.807, 2.05) is 20.8 Å². The monoisotopic (exact) mass is 488 g/mol. The molecule has 0 bridgehead atoms. The summed E-state index contributed by atoms with van der Waals surface area (Å²) in [6.07, 6.45) is 1.58. The van der Waals surface area contributed by atoms with E-state index >= 15 is 0 Å². The molecule has 1 N–H and O–H groups in total. The van der Waals surface area contributed by atoms with Gasteiger partial charge in [-0.2, -0.15) is 0 Å². The zero-order valence-corrected chi connectivity index (χ0v) is 20.4. The average molecular weight is 489 g/mol. The van der Waals surface area contributed by atoms with E-state index in [2.05, 4.69) is 4.98 Å². The molecule has 1 fully saturated rings. The molecule has 1 saturated heterocycles. The van der Waals surface area contributed by atoms with E-state index < -0.39 is 17.7 Å². The number of rotatable bonds is 9. The molecule has 8 nitrogen and oxygen atoms in total. The summed E-state index contributed by atoms with van der Waals surface area (Å²) < 4.78 is 16.8. The van der Waals surface area contributed by atoms with Crippen molar-refractivity contribution < 1.29 is 28.9 Å². The van der Waals surface area contributed by atoms with E-state index in [0.717, 1.165) is 0 Å². The Labute approximate surface area is 209 Å². The van der Waals surface area contributed by atoms with Gasteiger partial charge in [0.1, 0.15) is 29.0 Å². The molecular weight excluding hydrogens is 460 g/mol. The molecule has 0 saturated carbocycles. The molecule has 36 heavy (non-hydrogen) atoms. The predicted octanol–water partition coefficient (Wildman–Crippen LogP) is 4.90. The average Bonchev–Trinajstić information content (AvgIpc) is 3.16. The van der Waals surface area contributed by atoms with Gasteiger partial charge >= 0.3 is 0 Å². The number of amides is 1. The van der Waals surface area contributed by atoms with Crippen LogP contribution in [0.1, 0.15) is 38.1 Å². The number of ether oxygens (including phenoxy) is 3. The first kappa shape index (κ1) is 24.8. The number of carbonyl (C=O) groups is 2. The Bertz CT molecular complexity index is 1270. The van der Waals surface area contributed by atoms with Crippen molar-refractivity contribution in [3.8, 4) is 17.2 Å². The number of anilines is 1. The number of pyridine rings is 1. The largest absolute Gasteiger partial charge is 0.507 e. The maximum Gasteiger partial charge on any atom is 0.300 e. The third-order valence-electron chi connectivity index (χ3n) is 5.66. The van der Waals surface area contributed by atoms with Gasteiger partial charge in [0, 0.05) is 18.0 Å². The number of Topliss-reactive ketones (excluding diaryl/α,β-unsaturated/α-hetero) is 1. The molecule has 1 aromatic heterocycles. The summed E-state index contributed by atoms with van der Waals surface area (Å²) in [4.78, 5) is 32.4. The predicted molar refractivity (Wildman–Crippen MR) is 135 cm³/mol. The molecule has 1 unspecified atom stereocenters. The molecular formula is C28H28N2O6. The van der Waals surface area contributed by atoms with Crippen LogP contribution >= 0.6 is 0 Å². The summed E-state index contributed by atoms with van der Waals surface area (Å²) in [5, 5.41) is 11.5. The smallest absolute Gasteiger partial charge is 0.300 e. The summed E-state index contributed by atoms with van der Waals surface area (Å²) in [6, 6.07) is 16.1. The molecule has 4 rings (SSSR count). The van der Waals surface area contributed by atoms with Gasteiger partial charge in [-0.3, -0.25) is 19.5 Å². The van der Waals surface area contributed by atoms with Gasteiger partial charge in [-0.25, -0.2) is 0 Å². The van der Waals surface area contributed by atoms with Gasteiger partial charge in [-0.05, 0) is 69.3 Å². The van der Waals surface area contributed by atoms with Gasteiger partial charge in [0.05, 0.1) is 36.7 Å². The van der Waals surface area contributed by atoms with Crippen molar-refractivity contribution in [1.82, 2.24) is 4.98 Å². The van der Waals surface area contributed by atoms with Crippen LogP contribution in [0.3, 0.4) is 0 Å². The Morgan fingerprint density at radius 2 is 1.56 bits per heavy atom. The fourth-order valence-corrected chi connectivity index (χ4v) is 4.16. The molecule has 0 aliphatic carbocycles. The number of aliphatic hydroxyl groups is 1. The summed E-state index contributed by atoms with van der Waals surface area (Å²) in [5.74, 6) is -0.373. The zero-order chi connectivity index (χ0) is 25.7.